The van der Waals surface area contributed by atoms with Crippen LogP contribution in [0.2, 0.25) is 0 Å². The quantitative estimate of drug-likeness (QED) is 0.563. The molecule has 0 bridgehead atoms. The first-order valence-corrected chi connectivity index (χ1v) is 10.7. The second-order valence-corrected chi connectivity index (χ2v) is 7.68. The fourth-order valence-electron chi connectivity index (χ4n) is 4.11. The Kier molecular flexibility index (Phi) is 5.21. The summed E-state index contributed by atoms with van der Waals surface area (Å²) in [6.07, 6.45) is 5.85. The van der Waals surface area contributed by atoms with Gasteiger partial charge in [-0.2, -0.15) is 0 Å². The molecule has 0 N–H and O–H groups in total. The van der Waals surface area contributed by atoms with Crippen LogP contribution in [0.25, 0.3) is 5.70 Å². The third-order valence-corrected chi connectivity index (χ3v) is 5.63. The number of hydrogen-bond donors (Lipinski definition) is 0. The van der Waals surface area contributed by atoms with Crippen molar-refractivity contribution < 1.29 is 0 Å². The van der Waals surface area contributed by atoms with Crippen molar-refractivity contribution in [1.82, 2.24) is 4.90 Å². The van der Waals surface area contributed by atoms with E-state index in [1.165, 1.54) is 24.8 Å². The van der Waals surface area contributed by atoms with Gasteiger partial charge in [-0.1, -0.05) is 66.7 Å². The summed E-state index contributed by atoms with van der Waals surface area (Å²) in [4.78, 5) is 4.74. The number of rotatable bonds is 3. The molecule has 2 aliphatic rings. The zero-order valence-electron chi connectivity index (χ0n) is 17.1. The average molecular weight is 395 g/mol. The summed E-state index contributed by atoms with van der Waals surface area (Å²) >= 11 is 0. The van der Waals surface area contributed by atoms with E-state index in [1.54, 1.807) is 0 Å². The Morgan fingerprint density at radius 1 is 0.600 bits per heavy atom. The minimum atomic E-state index is 0.992. The van der Waals surface area contributed by atoms with Gasteiger partial charge in [0.1, 0.15) is 0 Å². The molecule has 2 aliphatic heterocycles. The largest absolute Gasteiger partial charge is 0.341 e. The molecule has 0 saturated carbocycles. The molecule has 5 rings (SSSR count). The minimum absolute atomic E-state index is 0.992. The molecule has 0 spiro atoms. The molecule has 3 aromatic rings. The lowest BCUT2D eigenvalue weighted by Crippen LogP contribution is -2.49. The van der Waals surface area contributed by atoms with E-state index in [9.17, 15) is 0 Å². The lowest BCUT2D eigenvalue weighted by Gasteiger charge is -2.41. The van der Waals surface area contributed by atoms with Crippen molar-refractivity contribution in [3.8, 4) is 0 Å². The van der Waals surface area contributed by atoms with Gasteiger partial charge >= 0.3 is 0 Å². The first-order chi connectivity index (χ1) is 14.9. The van der Waals surface area contributed by atoms with E-state index in [2.05, 4.69) is 101 Å². The first-order valence-electron chi connectivity index (χ1n) is 10.7. The topological polar surface area (TPSA) is 22.1 Å². The minimum Gasteiger partial charge on any atom is -0.341 e. The smallest absolute Gasteiger partial charge is 0.229 e. The number of anilines is 2. The van der Waals surface area contributed by atoms with E-state index in [0.29, 0.717) is 0 Å². The number of hydrazone groups is 1. The highest BCUT2D eigenvalue weighted by Gasteiger charge is 2.30. The fourth-order valence-corrected chi connectivity index (χ4v) is 4.11. The van der Waals surface area contributed by atoms with E-state index >= 15 is 0 Å². The number of piperidine rings is 1. The highest BCUT2D eigenvalue weighted by atomic mass is 15.6. The molecule has 0 unspecified atom stereocenters. The Morgan fingerprint density at radius 2 is 1.17 bits per heavy atom. The van der Waals surface area contributed by atoms with Gasteiger partial charge in [-0.3, -0.25) is 4.90 Å². The van der Waals surface area contributed by atoms with Gasteiger partial charge in [0, 0.05) is 24.3 Å². The monoisotopic (exact) mass is 394 g/mol. The molecule has 0 aliphatic carbocycles. The maximum atomic E-state index is 5.13. The lowest BCUT2D eigenvalue weighted by atomic mass is 10.1. The van der Waals surface area contributed by atoms with Gasteiger partial charge < -0.3 is 4.90 Å². The van der Waals surface area contributed by atoms with Gasteiger partial charge in [0.25, 0.3) is 0 Å². The molecule has 1 fully saturated rings. The lowest BCUT2D eigenvalue weighted by molar-refractivity contribution is 0.337. The van der Waals surface area contributed by atoms with E-state index < -0.39 is 0 Å². The van der Waals surface area contributed by atoms with E-state index in [4.69, 9.17) is 5.10 Å². The molecule has 0 aromatic heterocycles. The summed E-state index contributed by atoms with van der Waals surface area (Å²) in [5, 5.41) is 7.15. The van der Waals surface area contributed by atoms with Gasteiger partial charge in [-0.25, -0.2) is 5.01 Å². The van der Waals surface area contributed by atoms with Gasteiger partial charge in [-0.15, -0.1) is 5.10 Å². The zero-order chi connectivity index (χ0) is 20.2. The summed E-state index contributed by atoms with van der Waals surface area (Å²) < 4.78 is 0. The summed E-state index contributed by atoms with van der Waals surface area (Å²) in [7, 11) is 0. The molecule has 4 nitrogen and oxygen atoms in total. The van der Waals surface area contributed by atoms with E-state index in [1.807, 2.05) is 11.1 Å². The number of guanidine groups is 1. The predicted molar refractivity (Wildman–Crippen MR) is 125 cm³/mol. The van der Waals surface area contributed by atoms with Crippen LogP contribution in [0.4, 0.5) is 11.4 Å². The van der Waals surface area contributed by atoms with Crippen molar-refractivity contribution in [2.75, 3.05) is 23.0 Å². The van der Waals surface area contributed by atoms with Crippen molar-refractivity contribution in [2.45, 2.75) is 19.3 Å². The Hall–Kier alpha value is -3.53. The predicted octanol–water partition coefficient (Wildman–Crippen LogP) is 5.77. The van der Waals surface area contributed by atoms with Crippen LogP contribution in [0.15, 0.2) is 102 Å². The van der Waals surface area contributed by atoms with Crippen molar-refractivity contribution in [2.24, 2.45) is 5.10 Å². The number of benzene rings is 3. The summed E-state index contributed by atoms with van der Waals surface area (Å²) in [6.45, 7) is 2.07. The van der Waals surface area contributed by atoms with Crippen LogP contribution in [0, 0.1) is 0 Å². The SMILES string of the molecule is C1=C(c2ccccc2)N(c2ccccc2)C(N2CCCCC2)=NN1c1ccccc1. The summed E-state index contributed by atoms with van der Waals surface area (Å²) in [6, 6.07) is 31.5. The van der Waals surface area contributed by atoms with Crippen molar-refractivity contribution in [3.63, 3.8) is 0 Å². The molecule has 4 heteroatoms. The number of para-hydroxylation sites is 2. The summed E-state index contributed by atoms with van der Waals surface area (Å²) in [5.41, 5.74) is 4.49. The van der Waals surface area contributed by atoms with Crippen LogP contribution in [-0.4, -0.2) is 23.9 Å². The van der Waals surface area contributed by atoms with Gasteiger partial charge in [0.15, 0.2) is 0 Å². The first kappa shape index (κ1) is 18.5. The maximum Gasteiger partial charge on any atom is 0.229 e. The van der Waals surface area contributed by atoms with Crippen LogP contribution in [0.5, 0.6) is 0 Å². The number of nitrogens with zero attached hydrogens (tertiary/aromatic N) is 4. The normalized spacial score (nSPS) is 16.9. The molecule has 0 atom stereocenters. The molecule has 150 valence electrons. The third-order valence-electron chi connectivity index (χ3n) is 5.63. The second kappa shape index (κ2) is 8.46. The van der Waals surface area contributed by atoms with Crippen LogP contribution >= 0.6 is 0 Å². The Labute approximate surface area is 178 Å². The highest BCUT2D eigenvalue weighted by Crippen LogP contribution is 2.33. The summed E-state index contributed by atoms with van der Waals surface area (Å²) in [5.74, 6) is 0.992. The standard InChI is InChI=1S/C26H26N4/c1-5-13-22(14-6-1)25-21-29(23-15-7-2-8-16-23)27-26(28-19-11-4-12-20-28)30(25)24-17-9-3-10-18-24/h1-3,5-10,13-18,21H,4,11-12,19-20H2. The molecular formula is C26H26N4. The fraction of sp³-hybridized carbons (Fsp3) is 0.192. The Morgan fingerprint density at radius 3 is 1.80 bits per heavy atom. The van der Waals surface area contributed by atoms with Crippen LogP contribution in [0.1, 0.15) is 24.8 Å². The van der Waals surface area contributed by atoms with Gasteiger partial charge in [0.05, 0.1) is 17.6 Å². The van der Waals surface area contributed by atoms with Crippen molar-refractivity contribution in [3.05, 3.63) is 103 Å². The molecule has 30 heavy (non-hydrogen) atoms. The van der Waals surface area contributed by atoms with Crippen LogP contribution in [0.3, 0.4) is 0 Å². The number of hydrogen-bond acceptors (Lipinski definition) is 4. The molecular weight excluding hydrogens is 368 g/mol. The molecule has 0 radical (unpaired) electrons. The molecule has 1 saturated heterocycles. The van der Waals surface area contributed by atoms with Gasteiger partial charge in [0.2, 0.25) is 5.96 Å². The Bertz CT molecular complexity index is 1020. The van der Waals surface area contributed by atoms with Crippen LogP contribution in [-0.2, 0) is 0 Å². The Balaban J connectivity index is 1.67. The molecule has 3 aromatic carbocycles. The number of likely N-dealkylation sites (tertiary alicyclic amines) is 1. The molecule has 0 amide bonds. The maximum absolute atomic E-state index is 5.13. The third kappa shape index (κ3) is 3.69. The molecule has 2 heterocycles. The zero-order valence-corrected chi connectivity index (χ0v) is 17.1. The van der Waals surface area contributed by atoms with Gasteiger partial charge in [-0.05, 0) is 43.5 Å². The second-order valence-electron chi connectivity index (χ2n) is 7.68. The van der Waals surface area contributed by atoms with Crippen LogP contribution < -0.4 is 9.91 Å². The average Bonchev–Trinajstić information content (AvgIpc) is 2.85. The van der Waals surface area contributed by atoms with Crippen molar-refractivity contribution in [1.29, 1.82) is 0 Å². The van der Waals surface area contributed by atoms with E-state index in [0.717, 1.165) is 36.1 Å². The van der Waals surface area contributed by atoms with Crippen molar-refractivity contribution >= 4 is 23.0 Å². The van der Waals surface area contributed by atoms with E-state index in [-0.39, 0.29) is 0 Å². The highest BCUT2D eigenvalue weighted by molar-refractivity contribution is 6.09.